The van der Waals surface area contributed by atoms with E-state index in [0.29, 0.717) is 18.2 Å². The van der Waals surface area contributed by atoms with Gasteiger partial charge in [0.15, 0.2) is 5.75 Å². The van der Waals surface area contributed by atoms with Crippen molar-refractivity contribution < 1.29 is 58.9 Å². The maximum Gasteiger partial charge on any atom is 0.416 e. The SMILES string of the molecule is O=C(Nc1cc(C(F)(F)F)ccc1Oc1ccccc1C(=O)O)c1cc(C(F)(F)F)cc(C(F)(F)F)c1. The van der Waals surface area contributed by atoms with Gasteiger partial charge in [-0.2, -0.15) is 39.5 Å². The third kappa shape index (κ3) is 6.51. The largest absolute Gasteiger partial charge is 0.478 e. The molecule has 37 heavy (non-hydrogen) atoms. The number of anilines is 1. The zero-order valence-corrected chi connectivity index (χ0v) is 17.8. The average molecular weight is 537 g/mol. The van der Waals surface area contributed by atoms with Gasteiger partial charge in [-0.25, -0.2) is 4.79 Å². The number of benzene rings is 3. The van der Waals surface area contributed by atoms with E-state index < -0.39 is 69.7 Å². The van der Waals surface area contributed by atoms with Crippen LogP contribution in [0.2, 0.25) is 0 Å². The van der Waals surface area contributed by atoms with Gasteiger partial charge < -0.3 is 15.2 Å². The molecular formula is C23H12F9NO4. The summed E-state index contributed by atoms with van der Waals surface area (Å²) in [7, 11) is 0. The van der Waals surface area contributed by atoms with Crippen LogP contribution in [-0.2, 0) is 18.5 Å². The summed E-state index contributed by atoms with van der Waals surface area (Å²) in [6.45, 7) is 0. The molecule has 0 bridgehead atoms. The van der Waals surface area contributed by atoms with E-state index in [9.17, 15) is 54.2 Å². The minimum atomic E-state index is -5.28. The van der Waals surface area contributed by atoms with Crippen LogP contribution >= 0.6 is 0 Å². The van der Waals surface area contributed by atoms with Crippen molar-refractivity contribution in [3.63, 3.8) is 0 Å². The van der Waals surface area contributed by atoms with Crippen molar-refractivity contribution in [1.29, 1.82) is 0 Å². The van der Waals surface area contributed by atoms with Crippen LogP contribution in [0.1, 0.15) is 37.4 Å². The second kappa shape index (κ2) is 9.67. The number of ether oxygens (including phenoxy) is 1. The minimum Gasteiger partial charge on any atom is -0.478 e. The first-order chi connectivity index (χ1) is 17.0. The summed E-state index contributed by atoms with van der Waals surface area (Å²) in [6.07, 6.45) is -15.5. The summed E-state index contributed by atoms with van der Waals surface area (Å²) < 4.78 is 124. The summed E-state index contributed by atoms with van der Waals surface area (Å²) in [5.74, 6) is -4.04. The van der Waals surface area contributed by atoms with Crippen LogP contribution in [0, 0.1) is 0 Å². The summed E-state index contributed by atoms with van der Waals surface area (Å²) in [4.78, 5) is 24.0. The van der Waals surface area contributed by atoms with Crippen LogP contribution in [0.3, 0.4) is 0 Å². The van der Waals surface area contributed by atoms with E-state index in [4.69, 9.17) is 4.74 Å². The summed E-state index contributed by atoms with van der Waals surface area (Å²) in [5, 5.41) is 11.1. The second-order valence-electron chi connectivity index (χ2n) is 7.36. The van der Waals surface area contributed by atoms with Crippen molar-refractivity contribution in [3.05, 3.63) is 88.5 Å². The zero-order valence-electron chi connectivity index (χ0n) is 17.8. The van der Waals surface area contributed by atoms with Gasteiger partial charge in [0, 0.05) is 5.56 Å². The predicted molar refractivity (Wildman–Crippen MR) is 109 cm³/mol. The Hall–Kier alpha value is -4.23. The molecule has 3 aromatic carbocycles. The molecule has 196 valence electrons. The highest BCUT2D eigenvalue weighted by Gasteiger charge is 2.38. The molecule has 1 amide bonds. The predicted octanol–water partition coefficient (Wildman–Crippen LogP) is 7.49. The fourth-order valence-electron chi connectivity index (χ4n) is 3.02. The second-order valence-corrected chi connectivity index (χ2v) is 7.36. The van der Waals surface area contributed by atoms with Crippen molar-refractivity contribution in [1.82, 2.24) is 0 Å². The molecule has 0 aromatic heterocycles. The van der Waals surface area contributed by atoms with Crippen LogP contribution in [0.4, 0.5) is 45.2 Å². The van der Waals surface area contributed by atoms with Gasteiger partial charge in [-0.3, -0.25) is 4.79 Å². The highest BCUT2D eigenvalue weighted by molar-refractivity contribution is 6.05. The molecular weight excluding hydrogens is 525 g/mol. The molecule has 3 aromatic rings. The Morgan fingerprint density at radius 1 is 0.676 bits per heavy atom. The average Bonchev–Trinajstić information content (AvgIpc) is 2.78. The number of halogens is 9. The van der Waals surface area contributed by atoms with E-state index in [2.05, 4.69) is 0 Å². The maximum atomic E-state index is 13.2. The lowest BCUT2D eigenvalue weighted by Crippen LogP contribution is -2.18. The molecule has 0 fully saturated rings. The normalized spacial score (nSPS) is 12.2. The molecule has 0 saturated heterocycles. The highest BCUT2D eigenvalue weighted by Crippen LogP contribution is 2.39. The summed E-state index contributed by atoms with van der Waals surface area (Å²) in [5.41, 5.74) is -7.36. The van der Waals surface area contributed by atoms with Gasteiger partial charge in [0.25, 0.3) is 5.91 Å². The number of nitrogens with one attached hydrogen (secondary N) is 1. The van der Waals surface area contributed by atoms with Crippen molar-refractivity contribution >= 4 is 17.6 Å². The van der Waals surface area contributed by atoms with E-state index in [-0.39, 0.29) is 23.9 Å². The van der Waals surface area contributed by atoms with E-state index in [0.717, 1.165) is 12.1 Å². The molecule has 0 unspecified atom stereocenters. The molecule has 2 N–H and O–H groups in total. The van der Waals surface area contributed by atoms with E-state index in [1.807, 2.05) is 5.32 Å². The fraction of sp³-hybridized carbons (Fsp3) is 0.130. The van der Waals surface area contributed by atoms with E-state index in [1.165, 1.54) is 12.1 Å². The molecule has 5 nitrogen and oxygen atoms in total. The Morgan fingerprint density at radius 3 is 1.73 bits per heavy atom. The van der Waals surface area contributed by atoms with Gasteiger partial charge in [-0.1, -0.05) is 12.1 Å². The summed E-state index contributed by atoms with van der Waals surface area (Å²) in [6, 6.07) is 6.38. The first-order valence-corrected chi connectivity index (χ1v) is 9.79. The number of carbonyl (C=O) groups excluding carboxylic acids is 1. The summed E-state index contributed by atoms with van der Waals surface area (Å²) >= 11 is 0. The Balaban J connectivity index is 2.09. The van der Waals surface area contributed by atoms with Crippen molar-refractivity contribution in [2.24, 2.45) is 0 Å². The molecule has 0 aliphatic carbocycles. The molecule has 0 heterocycles. The molecule has 3 rings (SSSR count). The molecule has 0 aliphatic heterocycles. The lowest BCUT2D eigenvalue weighted by atomic mass is 10.0. The minimum absolute atomic E-state index is 0.0957. The lowest BCUT2D eigenvalue weighted by Gasteiger charge is -2.17. The van der Waals surface area contributed by atoms with E-state index >= 15 is 0 Å². The first-order valence-electron chi connectivity index (χ1n) is 9.79. The van der Waals surface area contributed by atoms with Crippen molar-refractivity contribution in [2.45, 2.75) is 18.5 Å². The standard InChI is InChI=1S/C23H12F9NO4/c24-21(25,26)12-5-6-18(37-17-4-2-1-3-15(17)20(35)36)16(10-12)33-19(34)11-7-13(22(27,28)29)9-14(8-11)23(30,31)32/h1-10H,(H,33,34)(H,35,36). The van der Waals surface area contributed by atoms with Crippen molar-refractivity contribution in [3.8, 4) is 11.5 Å². The fourth-order valence-corrected chi connectivity index (χ4v) is 3.02. The van der Waals surface area contributed by atoms with Crippen LogP contribution in [-0.4, -0.2) is 17.0 Å². The Kier molecular flexibility index (Phi) is 7.15. The number of para-hydroxylation sites is 1. The van der Waals surface area contributed by atoms with Gasteiger partial charge in [-0.05, 0) is 48.5 Å². The monoisotopic (exact) mass is 537 g/mol. The Labute approximate surface area is 201 Å². The number of hydrogen-bond donors (Lipinski definition) is 2. The van der Waals surface area contributed by atoms with Gasteiger partial charge in [0.1, 0.15) is 11.3 Å². The Morgan fingerprint density at radius 2 is 1.22 bits per heavy atom. The van der Waals surface area contributed by atoms with E-state index in [1.54, 1.807) is 0 Å². The molecule has 0 spiro atoms. The number of aromatic carboxylic acids is 1. The highest BCUT2D eigenvalue weighted by atomic mass is 19.4. The maximum absolute atomic E-state index is 13.2. The van der Waals surface area contributed by atoms with Crippen LogP contribution in [0.5, 0.6) is 11.5 Å². The number of carboxylic acid groups (broad SMARTS) is 1. The molecule has 14 heteroatoms. The molecule has 0 atom stereocenters. The zero-order chi connectivity index (χ0) is 27.8. The molecule has 0 radical (unpaired) electrons. The quantitative estimate of drug-likeness (QED) is 0.331. The van der Waals surface area contributed by atoms with Crippen LogP contribution in [0.25, 0.3) is 0 Å². The third-order valence-corrected chi connectivity index (χ3v) is 4.74. The number of rotatable bonds is 5. The van der Waals surface area contributed by atoms with Crippen molar-refractivity contribution in [2.75, 3.05) is 5.32 Å². The van der Waals surface area contributed by atoms with Crippen LogP contribution < -0.4 is 10.1 Å². The topological polar surface area (TPSA) is 75.6 Å². The van der Waals surface area contributed by atoms with Crippen LogP contribution in [0.15, 0.2) is 60.7 Å². The van der Waals surface area contributed by atoms with Gasteiger partial charge in [0.2, 0.25) is 0 Å². The Bertz CT molecular complexity index is 1310. The van der Waals surface area contributed by atoms with Gasteiger partial charge in [0.05, 0.1) is 22.4 Å². The molecule has 0 aliphatic rings. The number of hydrogen-bond acceptors (Lipinski definition) is 3. The smallest absolute Gasteiger partial charge is 0.416 e. The number of alkyl halides is 9. The van der Waals surface area contributed by atoms with Gasteiger partial charge in [-0.15, -0.1) is 0 Å². The molecule has 0 saturated carbocycles. The first kappa shape index (κ1) is 27.4. The number of carbonyl (C=O) groups is 2. The lowest BCUT2D eigenvalue weighted by molar-refractivity contribution is -0.143. The van der Waals surface area contributed by atoms with Gasteiger partial charge >= 0.3 is 24.5 Å². The third-order valence-electron chi connectivity index (χ3n) is 4.74. The number of amides is 1. The number of carboxylic acids is 1.